The molecule has 0 aliphatic carbocycles. The van der Waals surface area contributed by atoms with Gasteiger partial charge in [-0.25, -0.2) is 13.8 Å². The van der Waals surface area contributed by atoms with E-state index in [-0.39, 0.29) is 30.1 Å². The highest BCUT2D eigenvalue weighted by atomic mass is 19.4. The Morgan fingerprint density at radius 3 is 2.56 bits per heavy atom. The van der Waals surface area contributed by atoms with E-state index in [9.17, 15) is 31.5 Å². The zero-order chi connectivity index (χ0) is 25.1. The number of aromatic nitrogens is 1. The largest absolute Gasteiger partial charge is 0.573 e. The lowest BCUT2D eigenvalue weighted by Crippen LogP contribution is -2.33. The first-order chi connectivity index (χ1) is 15.9. The molecule has 8 nitrogen and oxygen atoms in total. The smallest absolute Gasteiger partial charge is 0.489 e. The van der Waals surface area contributed by atoms with Gasteiger partial charge in [-0.15, -0.1) is 13.2 Å². The molecule has 2 amide bonds. The minimum atomic E-state index is -4.85. The van der Waals surface area contributed by atoms with Gasteiger partial charge in [-0.05, 0) is 23.8 Å². The summed E-state index contributed by atoms with van der Waals surface area (Å²) in [6, 6.07) is 5.86. The maximum Gasteiger partial charge on any atom is 0.573 e. The molecule has 1 fully saturated rings. The van der Waals surface area contributed by atoms with Crippen LogP contribution in [0.2, 0.25) is 0 Å². The first-order valence-corrected chi connectivity index (χ1v) is 9.98. The molecule has 13 heteroatoms. The molecular weight excluding hydrogens is 467 g/mol. The number of anilines is 1. The van der Waals surface area contributed by atoms with Crippen molar-refractivity contribution >= 4 is 17.6 Å². The molecule has 184 valence electrons. The van der Waals surface area contributed by atoms with Gasteiger partial charge in [0.15, 0.2) is 11.6 Å². The van der Waals surface area contributed by atoms with Crippen LogP contribution in [0.1, 0.15) is 15.9 Å². The molecule has 1 unspecified atom stereocenters. The van der Waals surface area contributed by atoms with Crippen LogP contribution in [0.25, 0.3) is 0 Å². The number of nitrogens with zero attached hydrogens (tertiary/aromatic N) is 2. The SMILES string of the molecule is CNC(=O)c1cnc(N)c(OCC2CN(C(=O)Cc3ccc(OC(F)(F)F)cc3)CC2(F)F)c1. The van der Waals surface area contributed by atoms with Gasteiger partial charge in [-0.1, -0.05) is 12.1 Å². The minimum Gasteiger partial charge on any atom is -0.489 e. The summed E-state index contributed by atoms with van der Waals surface area (Å²) in [5.41, 5.74) is 6.17. The van der Waals surface area contributed by atoms with Crippen LogP contribution in [0.15, 0.2) is 36.5 Å². The number of halogens is 5. The molecule has 0 bridgehead atoms. The Labute approximate surface area is 190 Å². The molecule has 3 rings (SSSR count). The van der Waals surface area contributed by atoms with Crippen LogP contribution in [0.3, 0.4) is 0 Å². The van der Waals surface area contributed by atoms with Crippen LogP contribution in [0, 0.1) is 5.92 Å². The summed E-state index contributed by atoms with van der Waals surface area (Å²) in [4.78, 5) is 29.0. The standard InChI is InChI=1S/C21H21F5N4O4/c1-28-19(32)13-7-16(18(27)29-8-13)33-10-14-9-30(11-20(14,22)23)17(31)6-12-2-4-15(5-3-12)34-21(24,25)26/h2-5,7-8,14H,6,9-11H2,1H3,(H2,27,29)(H,28,32). The Hall–Kier alpha value is -3.64. The fraction of sp³-hybridized carbons (Fsp3) is 0.381. The summed E-state index contributed by atoms with van der Waals surface area (Å²) in [5.74, 6) is -6.25. The van der Waals surface area contributed by atoms with Crippen molar-refractivity contribution in [1.29, 1.82) is 0 Å². The number of nitrogens with two attached hydrogens (primary N) is 1. The number of carbonyl (C=O) groups is 2. The van der Waals surface area contributed by atoms with E-state index in [1.54, 1.807) is 0 Å². The third kappa shape index (κ3) is 6.23. The number of pyridine rings is 1. The molecule has 34 heavy (non-hydrogen) atoms. The number of benzene rings is 1. The topological polar surface area (TPSA) is 107 Å². The number of nitrogens with one attached hydrogen (secondary N) is 1. The number of hydrogen-bond donors (Lipinski definition) is 2. The summed E-state index contributed by atoms with van der Waals surface area (Å²) in [7, 11) is 1.41. The van der Waals surface area contributed by atoms with Gasteiger partial charge in [-0.2, -0.15) is 0 Å². The number of rotatable bonds is 7. The average molecular weight is 488 g/mol. The predicted octanol–water partition coefficient (Wildman–Crippen LogP) is 2.64. The van der Waals surface area contributed by atoms with Crippen molar-refractivity contribution in [3.8, 4) is 11.5 Å². The number of alkyl halides is 5. The lowest BCUT2D eigenvalue weighted by Gasteiger charge is -2.18. The molecule has 0 saturated carbocycles. The first-order valence-electron chi connectivity index (χ1n) is 9.98. The van der Waals surface area contributed by atoms with Crippen molar-refractivity contribution in [2.24, 2.45) is 5.92 Å². The predicted molar refractivity (Wildman–Crippen MR) is 109 cm³/mol. The van der Waals surface area contributed by atoms with Gasteiger partial charge in [0.05, 0.1) is 31.1 Å². The minimum absolute atomic E-state index is 0.0390. The van der Waals surface area contributed by atoms with E-state index in [1.807, 2.05) is 0 Å². The fourth-order valence-electron chi connectivity index (χ4n) is 3.34. The third-order valence-electron chi connectivity index (χ3n) is 5.12. The summed E-state index contributed by atoms with van der Waals surface area (Å²) in [6.45, 7) is -1.62. The molecule has 1 atom stereocenters. The van der Waals surface area contributed by atoms with Crippen LogP contribution in [-0.4, -0.2) is 60.7 Å². The molecule has 0 radical (unpaired) electrons. The molecule has 3 N–H and O–H groups in total. The molecule has 1 aromatic heterocycles. The summed E-state index contributed by atoms with van der Waals surface area (Å²) in [5, 5.41) is 2.39. The van der Waals surface area contributed by atoms with Crippen LogP contribution < -0.4 is 20.5 Å². The van der Waals surface area contributed by atoms with E-state index in [2.05, 4.69) is 15.0 Å². The quantitative estimate of drug-likeness (QED) is 0.581. The van der Waals surface area contributed by atoms with E-state index in [4.69, 9.17) is 10.5 Å². The van der Waals surface area contributed by atoms with Gasteiger partial charge >= 0.3 is 6.36 Å². The van der Waals surface area contributed by atoms with E-state index >= 15 is 0 Å². The highest BCUT2D eigenvalue weighted by Crippen LogP contribution is 2.34. The number of amides is 2. The van der Waals surface area contributed by atoms with Crippen LogP contribution in [-0.2, 0) is 11.2 Å². The van der Waals surface area contributed by atoms with Crippen molar-refractivity contribution in [2.45, 2.75) is 18.7 Å². The fourth-order valence-corrected chi connectivity index (χ4v) is 3.34. The second-order valence-corrected chi connectivity index (χ2v) is 7.60. The second kappa shape index (κ2) is 9.69. The van der Waals surface area contributed by atoms with Gasteiger partial charge in [0.2, 0.25) is 5.91 Å². The number of ether oxygens (including phenoxy) is 2. The normalized spacial score (nSPS) is 17.4. The highest BCUT2D eigenvalue weighted by molar-refractivity contribution is 5.94. The monoisotopic (exact) mass is 488 g/mol. The third-order valence-corrected chi connectivity index (χ3v) is 5.12. The maximum atomic E-state index is 14.5. The molecule has 1 aliphatic rings. The molecule has 2 heterocycles. The lowest BCUT2D eigenvalue weighted by molar-refractivity contribution is -0.274. The lowest BCUT2D eigenvalue weighted by atomic mass is 10.1. The van der Waals surface area contributed by atoms with Gasteiger partial charge in [-0.3, -0.25) is 9.59 Å². The van der Waals surface area contributed by atoms with Crippen molar-refractivity contribution in [1.82, 2.24) is 15.2 Å². The van der Waals surface area contributed by atoms with Crippen LogP contribution >= 0.6 is 0 Å². The van der Waals surface area contributed by atoms with Gasteiger partial charge < -0.3 is 25.4 Å². The number of hydrogen-bond acceptors (Lipinski definition) is 6. The number of carbonyl (C=O) groups excluding carboxylic acids is 2. The molecule has 1 aliphatic heterocycles. The second-order valence-electron chi connectivity index (χ2n) is 7.60. The van der Waals surface area contributed by atoms with Crippen LogP contribution in [0.5, 0.6) is 11.5 Å². The highest BCUT2D eigenvalue weighted by Gasteiger charge is 2.49. The number of likely N-dealkylation sites (tertiary alicyclic amines) is 1. The zero-order valence-electron chi connectivity index (χ0n) is 17.9. The van der Waals surface area contributed by atoms with Gasteiger partial charge in [0, 0.05) is 19.8 Å². The van der Waals surface area contributed by atoms with Crippen LogP contribution in [0.4, 0.5) is 27.8 Å². The van der Waals surface area contributed by atoms with Crippen molar-refractivity contribution in [3.05, 3.63) is 47.7 Å². The summed E-state index contributed by atoms with van der Waals surface area (Å²) < 4.78 is 74.9. The molecule has 2 aromatic rings. The van der Waals surface area contributed by atoms with E-state index in [0.717, 1.165) is 17.0 Å². The van der Waals surface area contributed by atoms with Crippen molar-refractivity contribution < 1.29 is 41.0 Å². The first kappa shape index (κ1) is 25.0. The Morgan fingerprint density at radius 2 is 1.94 bits per heavy atom. The van der Waals surface area contributed by atoms with Gasteiger partial charge in [0.25, 0.3) is 11.8 Å². The molecule has 1 aromatic carbocycles. The zero-order valence-corrected chi connectivity index (χ0v) is 17.9. The molecule has 0 spiro atoms. The van der Waals surface area contributed by atoms with E-state index < -0.39 is 48.9 Å². The maximum absolute atomic E-state index is 14.5. The number of nitrogen functional groups attached to an aromatic ring is 1. The summed E-state index contributed by atoms with van der Waals surface area (Å²) in [6.07, 6.45) is -3.91. The Kier molecular flexibility index (Phi) is 7.12. The van der Waals surface area contributed by atoms with E-state index in [0.29, 0.717) is 5.56 Å². The van der Waals surface area contributed by atoms with Gasteiger partial charge in [0.1, 0.15) is 5.75 Å². The van der Waals surface area contributed by atoms with E-state index in [1.165, 1.54) is 31.4 Å². The molecule has 1 saturated heterocycles. The Morgan fingerprint density at radius 1 is 1.26 bits per heavy atom. The average Bonchev–Trinajstić information content (AvgIpc) is 3.07. The van der Waals surface area contributed by atoms with Crippen molar-refractivity contribution in [2.75, 3.05) is 32.5 Å². The Balaban J connectivity index is 1.60. The summed E-state index contributed by atoms with van der Waals surface area (Å²) >= 11 is 0. The van der Waals surface area contributed by atoms with Crippen molar-refractivity contribution in [3.63, 3.8) is 0 Å². The Bertz CT molecular complexity index is 1050. The molecular formula is C21H21F5N4O4.